The minimum absolute atomic E-state index is 0.0431. The molecule has 6 heteroatoms. The Morgan fingerprint density at radius 1 is 0.688 bits per heavy atom. The second kappa shape index (κ2) is 9.92. The summed E-state index contributed by atoms with van der Waals surface area (Å²) in [6.45, 7) is 3.42. The Kier molecular flexibility index (Phi) is 7.05. The van der Waals surface area contributed by atoms with Gasteiger partial charge in [0.25, 0.3) is 0 Å². The molecule has 0 saturated heterocycles. The minimum atomic E-state index is -0.835. The summed E-state index contributed by atoms with van der Waals surface area (Å²) in [5.41, 5.74) is 2.18. The van der Waals surface area contributed by atoms with Gasteiger partial charge in [-0.05, 0) is 36.6 Å². The topological polar surface area (TPSA) is 78.9 Å². The van der Waals surface area contributed by atoms with Crippen LogP contribution in [0.3, 0.4) is 0 Å². The van der Waals surface area contributed by atoms with Crippen molar-refractivity contribution in [3.8, 4) is 22.3 Å². The van der Waals surface area contributed by atoms with E-state index in [4.69, 9.17) is 14.2 Å². The number of benzene rings is 3. The van der Waals surface area contributed by atoms with Gasteiger partial charge in [0.15, 0.2) is 0 Å². The molecule has 0 aliphatic carbocycles. The first kappa shape index (κ1) is 22.7. The average molecular weight is 432 g/mol. The molecule has 32 heavy (non-hydrogen) atoms. The molecular weight excluding hydrogens is 408 g/mol. The molecule has 3 aromatic rings. The fourth-order valence-electron chi connectivity index (χ4n) is 3.50. The Labute approximate surface area is 186 Å². The fourth-order valence-corrected chi connectivity index (χ4v) is 3.50. The van der Waals surface area contributed by atoms with Gasteiger partial charge < -0.3 is 14.2 Å². The largest absolute Gasteiger partial charge is 0.465 e. The van der Waals surface area contributed by atoms with E-state index in [0.717, 1.165) is 5.56 Å². The van der Waals surface area contributed by atoms with Crippen LogP contribution >= 0.6 is 0 Å². The molecule has 0 aromatic heterocycles. The number of esters is 3. The van der Waals surface area contributed by atoms with Gasteiger partial charge in [-0.25, -0.2) is 14.4 Å². The number of rotatable bonds is 6. The smallest absolute Gasteiger partial charge is 0.339 e. The third kappa shape index (κ3) is 4.54. The highest BCUT2D eigenvalue weighted by Crippen LogP contribution is 2.39. The SMILES string of the molecule is COC(=O)c1cc(-c2ccccc2)c(-c2ccccc2)c(C(=O)OC(C)C)c1C(=O)OC. The van der Waals surface area contributed by atoms with Crippen LogP contribution in [-0.4, -0.2) is 38.2 Å². The molecule has 3 aromatic carbocycles. The third-order valence-corrected chi connectivity index (χ3v) is 4.82. The Bertz CT molecular complexity index is 1130. The van der Waals surface area contributed by atoms with Gasteiger partial charge in [0.2, 0.25) is 0 Å². The molecule has 6 nitrogen and oxygen atoms in total. The molecule has 0 saturated carbocycles. The van der Waals surface area contributed by atoms with Gasteiger partial charge in [-0.1, -0.05) is 60.7 Å². The van der Waals surface area contributed by atoms with E-state index in [1.165, 1.54) is 14.2 Å². The molecule has 0 N–H and O–H groups in total. The van der Waals surface area contributed by atoms with Crippen molar-refractivity contribution < 1.29 is 28.6 Å². The van der Waals surface area contributed by atoms with Crippen LogP contribution in [0.4, 0.5) is 0 Å². The predicted molar refractivity (Wildman–Crippen MR) is 121 cm³/mol. The maximum atomic E-state index is 13.4. The van der Waals surface area contributed by atoms with Crippen molar-refractivity contribution in [3.05, 3.63) is 83.4 Å². The highest BCUT2D eigenvalue weighted by atomic mass is 16.5. The van der Waals surface area contributed by atoms with E-state index in [2.05, 4.69) is 0 Å². The second-order valence-electron chi connectivity index (χ2n) is 7.27. The van der Waals surface area contributed by atoms with Gasteiger partial charge in [0.05, 0.1) is 37.0 Å². The molecule has 0 spiro atoms. The summed E-state index contributed by atoms with van der Waals surface area (Å²) in [6.07, 6.45) is -0.446. The summed E-state index contributed by atoms with van der Waals surface area (Å²) in [7, 11) is 2.40. The van der Waals surface area contributed by atoms with E-state index in [9.17, 15) is 14.4 Å². The first-order valence-electron chi connectivity index (χ1n) is 10.1. The highest BCUT2D eigenvalue weighted by Gasteiger charge is 2.33. The van der Waals surface area contributed by atoms with Crippen molar-refractivity contribution in [2.75, 3.05) is 14.2 Å². The summed E-state index contributed by atoms with van der Waals surface area (Å²) >= 11 is 0. The Hall–Kier alpha value is -3.93. The number of carbonyl (C=O) groups is 3. The molecule has 3 rings (SSSR count). The Balaban J connectivity index is 2.54. The van der Waals surface area contributed by atoms with Crippen LogP contribution in [0.5, 0.6) is 0 Å². The zero-order valence-corrected chi connectivity index (χ0v) is 18.4. The van der Waals surface area contributed by atoms with E-state index in [0.29, 0.717) is 16.7 Å². The zero-order valence-electron chi connectivity index (χ0n) is 18.4. The quantitative estimate of drug-likeness (QED) is 0.395. The van der Waals surface area contributed by atoms with Crippen molar-refractivity contribution in [1.82, 2.24) is 0 Å². The summed E-state index contributed by atoms with van der Waals surface area (Å²) < 4.78 is 15.4. The molecule has 0 bridgehead atoms. The molecule has 0 aliphatic heterocycles. The van der Waals surface area contributed by atoms with Crippen LogP contribution in [-0.2, 0) is 14.2 Å². The van der Waals surface area contributed by atoms with E-state index in [1.807, 2.05) is 60.7 Å². The molecule has 0 aliphatic rings. The van der Waals surface area contributed by atoms with E-state index < -0.39 is 24.0 Å². The second-order valence-corrected chi connectivity index (χ2v) is 7.27. The number of carbonyl (C=O) groups excluding carboxylic acids is 3. The van der Waals surface area contributed by atoms with Gasteiger partial charge in [0.1, 0.15) is 0 Å². The summed E-state index contributed by atoms with van der Waals surface area (Å²) in [6, 6.07) is 20.0. The van der Waals surface area contributed by atoms with E-state index >= 15 is 0 Å². The van der Waals surface area contributed by atoms with Crippen LogP contribution in [0.2, 0.25) is 0 Å². The van der Waals surface area contributed by atoms with Gasteiger partial charge in [0, 0.05) is 5.56 Å². The van der Waals surface area contributed by atoms with Crippen LogP contribution in [0.25, 0.3) is 22.3 Å². The van der Waals surface area contributed by atoms with Crippen molar-refractivity contribution in [2.45, 2.75) is 20.0 Å². The zero-order chi connectivity index (χ0) is 23.3. The minimum Gasteiger partial charge on any atom is -0.465 e. The van der Waals surface area contributed by atoms with Crippen LogP contribution in [0.1, 0.15) is 44.9 Å². The number of ether oxygens (including phenoxy) is 3. The lowest BCUT2D eigenvalue weighted by Gasteiger charge is -2.21. The van der Waals surface area contributed by atoms with Crippen molar-refractivity contribution in [2.24, 2.45) is 0 Å². The van der Waals surface area contributed by atoms with Crippen LogP contribution in [0.15, 0.2) is 66.7 Å². The van der Waals surface area contributed by atoms with E-state index in [1.54, 1.807) is 19.9 Å². The van der Waals surface area contributed by atoms with Gasteiger partial charge in [-0.15, -0.1) is 0 Å². The molecule has 0 radical (unpaired) electrons. The normalized spacial score (nSPS) is 10.5. The first-order chi connectivity index (χ1) is 15.4. The monoisotopic (exact) mass is 432 g/mol. The van der Waals surface area contributed by atoms with Crippen LogP contribution < -0.4 is 0 Å². The molecule has 164 valence electrons. The number of methoxy groups -OCH3 is 2. The number of hydrogen-bond donors (Lipinski definition) is 0. The lowest BCUT2D eigenvalue weighted by atomic mass is 9.85. The van der Waals surface area contributed by atoms with Crippen molar-refractivity contribution in [3.63, 3.8) is 0 Å². The molecular formula is C26H24O6. The van der Waals surface area contributed by atoms with Crippen molar-refractivity contribution >= 4 is 17.9 Å². The summed E-state index contributed by atoms with van der Waals surface area (Å²) in [5.74, 6) is -2.33. The number of hydrogen-bond acceptors (Lipinski definition) is 6. The lowest BCUT2D eigenvalue weighted by molar-refractivity contribution is 0.0368. The van der Waals surface area contributed by atoms with Gasteiger partial charge >= 0.3 is 17.9 Å². The fraction of sp³-hybridized carbons (Fsp3) is 0.192. The first-order valence-corrected chi connectivity index (χ1v) is 10.1. The molecule has 0 fully saturated rings. The molecule has 0 amide bonds. The maximum absolute atomic E-state index is 13.4. The van der Waals surface area contributed by atoms with E-state index in [-0.39, 0.29) is 16.7 Å². The third-order valence-electron chi connectivity index (χ3n) is 4.82. The highest BCUT2D eigenvalue weighted by molar-refractivity contribution is 6.16. The van der Waals surface area contributed by atoms with Crippen molar-refractivity contribution in [1.29, 1.82) is 0 Å². The standard InChI is InChI=1S/C26H24O6/c1-16(2)32-26(29)23-21(18-13-9-6-10-14-18)19(17-11-7-5-8-12-17)15-20(24(27)30-3)22(23)25(28)31-4/h5-16H,1-4H3. The lowest BCUT2D eigenvalue weighted by Crippen LogP contribution is -2.22. The molecule has 0 heterocycles. The molecule has 0 unspecified atom stereocenters. The Morgan fingerprint density at radius 3 is 1.72 bits per heavy atom. The predicted octanol–water partition coefficient (Wildman–Crippen LogP) is 5.16. The molecule has 0 atom stereocenters. The van der Waals surface area contributed by atoms with Crippen LogP contribution in [0, 0.1) is 0 Å². The Morgan fingerprint density at radius 2 is 1.22 bits per heavy atom. The van der Waals surface area contributed by atoms with Gasteiger partial charge in [-0.3, -0.25) is 0 Å². The maximum Gasteiger partial charge on any atom is 0.339 e. The van der Waals surface area contributed by atoms with Gasteiger partial charge in [-0.2, -0.15) is 0 Å². The summed E-state index contributed by atoms with van der Waals surface area (Å²) in [5, 5.41) is 0. The summed E-state index contributed by atoms with van der Waals surface area (Å²) in [4.78, 5) is 38.9. The average Bonchev–Trinajstić information content (AvgIpc) is 2.82.